The van der Waals surface area contributed by atoms with Crippen LogP contribution in [0.25, 0.3) is 0 Å². The highest BCUT2D eigenvalue weighted by Crippen LogP contribution is 1.92. The molecule has 3 nitrogen and oxygen atoms in total. The molecule has 1 aromatic heterocycles. The molecule has 1 aromatic rings. The normalized spacial score (nSPS) is 9.91. The van der Waals surface area contributed by atoms with Crippen molar-refractivity contribution < 1.29 is 9.30 Å². The maximum atomic E-state index is 5.51. The molecule has 0 aliphatic heterocycles. The topological polar surface area (TPSA) is 39.1 Å². The first-order chi connectivity index (χ1) is 5.33. The lowest BCUT2D eigenvalue weighted by Gasteiger charge is -1.95. The summed E-state index contributed by atoms with van der Waals surface area (Å²) in [5.41, 5.74) is 6.30. The predicted octanol–water partition coefficient (Wildman–Crippen LogP) is 0.203. The van der Waals surface area contributed by atoms with Gasteiger partial charge < -0.3 is 10.5 Å². The lowest BCUT2D eigenvalue weighted by atomic mass is 10.4. The molecule has 11 heavy (non-hydrogen) atoms. The average molecular weight is 153 g/mol. The fraction of sp³-hybridized carbons (Fsp3) is 0.375. The minimum Gasteiger partial charge on any atom is -0.398 e. The minimum absolute atomic E-state index is 0.731. The zero-order valence-corrected chi connectivity index (χ0v) is 6.66. The number of ether oxygens (including phenoxy) is 1. The standard InChI is InChI=1S/C8H12N2O/c1-11-7-6-10-4-2-8(9)3-5-10/h2-5,9H,6-7H2,1H3/p+1. The Morgan fingerprint density at radius 2 is 2.09 bits per heavy atom. The van der Waals surface area contributed by atoms with Gasteiger partial charge in [0.15, 0.2) is 18.9 Å². The maximum absolute atomic E-state index is 5.51. The van der Waals surface area contributed by atoms with Crippen molar-refractivity contribution in [3.05, 3.63) is 24.5 Å². The molecule has 2 N–H and O–H groups in total. The molecule has 3 heteroatoms. The number of methoxy groups -OCH3 is 1. The number of pyridine rings is 1. The van der Waals surface area contributed by atoms with Crippen LogP contribution in [0.3, 0.4) is 0 Å². The molecule has 0 aliphatic rings. The highest BCUT2D eigenvalue weighted by atomic mass is 16.5. The van der Waals surface area contributed by atoms with Gasteiger partial charge in [-0.25, -0.2) is 4.57 Å². The molecular formula is C8H13N2O+. The molecular weight excluding hydrogens is 140 g/mol. The van der Waals surface area contributed by atoms with Gasteiger partial charge in [-0.1, -0.05) is 0 Å². The number of aromatic nitrogens is 1. The highest BCUT2D eigenvalue weighted by Gasteiger charge is 1.96. The molecule has 0 spiro atoms. The Morgan fingerprint density at radius 3 is 2.64 bits per heavy atom. The Kier molecular flexibility index (Phi) is 2.86. The van der Waals surface area contributed by atoms with Crippen molar-refractivity contribution in [1.82, 2.24) is 0 Å². The van der Waals surface area contributed by atoms with Crippen LogP contribution in [0.15, 0.2) is 24.5 Å². The smallest absolute Gasteiger partial charge is 0.171 e. The Hall–Kier alpha value is -1.09. The quantitative estimate of drug-likeness (QED) is 0.630. The van der Waals surface area contributed by atoms with Crippen molar-refractivity contribution in [3.63, 3.8) is 0 Å². The average Bonchev–Trinajstić information content (AvgIpc) is 2.04. The second-order valence-corrected chi connectivity index (χ2v) is 2.36. The summed E-state index contributed by atoms with van der Waals surface area (Å²) in [6.45, 7) is 1.60. The van der Waals surface area contributed by atoms with Gasteiger partial charge in [0.1, 0.15) is 6.61 Å². The van der Waals surface area contributed by atoms with E-state index in [1.807, 2.05) is 29.1 Å². The van der Waals surface area contributed by atoms with Crippen LogP contribution in [-0.4, -0.2) is 13.7 Å². The molecule has 0 atom stereocenters. The van der Waals surface area contributed by atoms with E-state index in [0.29, 0.717) is 0 Å². The van der Waals surface area contributed by atoms with Crippen LogP contribution in [0.5, 0.6) is 0 Å². The number of nitrogen functional groups attached to an aromatic ring is 1. The largest absolute Gasteiger partial charge is 0.398 e. The second kappa shape index (κ2) is 3.93. The molecule has 0 unspecified atom stereocenters. The molecule has 60 valence electrons. The number of nitrogens with two attached hydrogens (primary N) is 1. The number of nitrogens with zero attached hydrogens (tertiary/aromatic N) is 1. The van der Waals surface area contributed by atoms with E-state index < -0.39 is 0 Å². The first-order valence-corrected chi connectivity index (χ1v) is 3.56. The molecule has 0 radical (unpaired) electrons. The SMILES string of the molecule is COCC[n+]1ccc(N)cc1. The molecule has 0 fully saturated rings. The second-order valence-electron chi connectivity index (χ2n) is 2.36. The molecule has 0 aliphatic carbocycles. The third-order valence-corrected chi connectivity index (χ3v) is 1.47. The van der Waals surface area contributed by atoms with Crippen molar-refractivity contribution in [1.29, 1.82) is 0 Å². The maximum Gasteiger partial charge on any atom is 0.171 e. The molecule has 0 amide bonds. The minimum atomic E-state index is 0.731. The summed E-state index contributed by atoms with van der Waals surface area (Å²) in [6.07, 6.45) is 3.88. The van der Waals surface area contributed by atoms with Crippen molar-refractivity contribution in [3.8, 4) is 0 Å². The fourth-order valence-electron chi connectivity index (χ4n) is 0.815. The Labute approximate surface area is 66.4 Å². The first kappa shape index (κ1) is 8.01. The first-order valence-electron chi connectivity index (χ1n) is 3.56. The van der Waals surface area contributed by atoms with Gasteiger partial charge in [0.25, 0.3) is 0 Å². The highest BCUT2D eigenvalue weighted by molar-refractivity contribution is 5.32. The summed E-state index contributed by atoms with van der Waals surface area (Å²) in [7, 11) is 1.69. The van der Waals surface area contributed by atoms with Crippen molar-refractivity contribution in [2.45, 2.75) is 6.54 Å². The van der Waals surface area contributed by atoms with E-state index in [1.54, 1.807) is 7.11 Å². The summed E-state index contributed by atoms with van der Waals surface area (Å²) in [5.74, 6) is 0. The van der Waals surface area contributed by atoms with Gasteiger partial charge in [-0.15, -0.1) is 0 Å². The molecule has 0 saturated heterocycles. The number of hydrogen-bond donors (Lipinski definition) is 1. The number of anilines is 1. The van der Waals surface area contributed by atoms with E-state index in [4.69, 9.17) is 10.5 Å². The predicted molar refractivity (Wildman–Crippen MR) is 42.9 cm³/mol. The van der Waals surface area contributed by atoms with E-state index in [1.165, 1.54) is 0 Å². The summed E-state index contributed by atoms with van der Waals surface area (Å²) in [4.78, 5) is 0. The zero-order valence-electron chi connectivity index (χ0n) is 6.66. The van der Waals surface area contributed by atoms with Crippen LogP contribution in [0.1, 0.15) is 0 Å². The van der Waals surface area contributed by atoms with Gasteiger partial charge in [-0.3, -0.25) is 0 Å². The fourth-order valence-corrected chi connectivity index (χ4v) is 0.815. The van der Waals surface area contributed by atoms with Gasteiger partial charge in [0.2, 0.25) is 0 Å². The van der Waals surface area contributed by atoms with Crippen LogP contribution < -0.4 is 10.3 Å². The Bertz CT molecular complexity index is 208. The Morgan fingerprint density at radius 1 is 1.45 bits per heavy atom. The van der Waals surface area contributed by atoms with Gasteiger partial charge in [-0.05, 0) is 0 Å². The van der Waals surface area contributed by atoms with E-state index in [0.717, 1.165) is 18.8 Å². The molecule has 1 rings (SSSR count). The third kappa shape index (κ3) is 2.55. The van der Waals surface area contributed by atoms with E-state index >= 15 is 0 Å². The van der Waals surface area contributed by atoms with Crippen LogP contribution in [0, 0.1) is 0 Å². The summed E-state index contributed by atoms with van der Waals surface area (Å²) < 4.78 is 6.95. The van der Waals surface area contributed by atoms with Gasteiger partial charge in [0, 0.05) is 24.9 Å². The van der Waals surface area contributed by atoms with Crippen molar-refractivity contribution in [2.75, 3.05) is 19.5 Å². The molecule has 0 bridgehead atoms. The lowest BCUT2D eigenvalue weighted by molar-refractivity contribution is -0.698. The van der Waals surface area contributed by atoms with Crippen LogP contribution in [-0.2, 0) is 11.3 Å². The van der Waals surface area contributed by atoms with E-state index in [9.17, 15) is 0 Å². The third-order valence-electron chi connectivity index (χ3n) is 1.47. The van der Waals surface area contributed by atoms with Crippen molar-refractivity contribution in [2.24, 2.45) is 0 Å². The molecule has 0 saturated carbocycles. The van der Waals surface area contributed by atoms with Gasteiger partial charge in [-0.2, -0.15) is 0 Å². The van der Waals surface area contributed by atoms with Crippen LogP contribution >= 0.6 is 0 Å². The lowest BCUT2D eigenvalue weighted by Crippen LogP contribution is -2.34. The Balaban J connectivity index is 2.52. The summed E-state index contributed by atoms with van der Waals surface area (Å²) in [5, 5.41) is 0. The van der Waals surface area contributed by atoms with E-state index in [-0.39, 0.29) is 0 Å². The summed E-state index contributed by atoms with van der Waals surface area (Å²) in [6, 6.07) is 3.74. The molecule has 0 aromatic carbocycles. The number of rotatable bonds is 3. The van der Waals surface area contributed by atoms with Crippen LogP contribution in [0.2, 0.25) is 0 Å². The van der Waals surface area contributed by atoms with Crippen LogP contribution in [0.4, 0.5) is 5.69 Å². The number of hydrogen-bond acceptors (Lipinski definition) is 2. The summed E-state index contributed by atoms with van der Waals surface area (Å²) >= 11 is 0. The molecule has 1 heterocycles. The zero-order chi connectivity index (χ0) is 8.10. The van der Waals surface area contributed by atoms with Gasteiger partial charge in [0.05, 0.1) is 0 Å². The monoisotopic (exact) mass is 153 g/mol. The van der Waals surface area contributed by atoms with Crippen molar-refractivity contribution >= 4 is 5.69 Å². The van der Waals surface area contributed by atoms with E-state index in [2.05, 4.69) is 0 Å². The van der Waals surface area contributed by atoms with Gasteiger partial charge >= 0.3 is 0 Å².